The third-order valence-electron chi connectivity index (χ3n) is 2.76. The van der Waals surface area contributed by atoms with Crippen molar-refractivity contribution in [2.75, 3.05) is 12.4 Å². The van der Waals surface area contributed by atoms with E-state index in [1.807, 2.05) is 30.3 Å². The van der Waals surface area contributed by atoms with Crippen LogP contribution >= 0.6 is 38.9 Å². The van der Waals surface area contributed by atoms with Gasteiger partial charge in [0.15, 0.2) is 5.13 Å². The Labute approximate surface area is 133 Å². The van der Waals surface area contributed by atoms with Gasteiger partial charge < -0.3 is 10.1 Å². The number of benzene rings is 2. The van der Waals surface area contributed by atoms with Crippen LogP contribution in [-0.2, 0) is 0 Å². The summed E-state index contributed by atoms with van der Waals surface area (Å²) in [5.41, 5.74) is 1.73. The maximum atomic E-state index is 6.18. The Bertz CT molecular complexity index is 775. The zero-order chi connectivity index (χ0) is 14.1. The zero-order valence-electron chi connectivity index (χ0n) is 10.5. The molecule has 1 aromatic heterocycles. The number of aromatic nitrogens is 1. The Morgan fingerprint density at radius 3 is 2.90 bits per heavy atom. The van der Waals surface area contributed by atoms with Gasteiger partial charge in [-0.3, -0.25) is 0 Å². The maximum absolute atomic E-state index is 6.18. The smallest absolute Gasteiger partial charge is 0.188 e. The van der Waals surface area contributed by atoms with Gasteiger partial charge in [-0.05, 0) is 30.3 Å². The van der Waals surface area contributed by atoms with Gasteiger partial charge in [-0.15, -0.1) is 0 Å². The normalized spacial score (nSPS) is 10.8. The number of nitrogens with zero attached hydrogens (tertiary/aromatic N) is 1. The standard InChI is InChI=1S/C14H10BrClN2OS/c1-19-9-3-4-10(16)11(7-9)17-14-18-12-6-8(15)2-5-13(12)20-14/h2-7H,1H3,(H,17,18). The summed E-state index contributed by atoms with van der Waals surface area (Å²) in [5.74, 6) is 0.751. The van der Waals surface area contributed by atoms with Crippen molar-refractivity contribution < 1.29 is 4.74 Å². The summed E-state index contributed by atoms with van der Waals surface area (Å²) < 4.78 is 7.34. The molecule has 0 radical (unpaired) electrons. The van der Waals surface area contributed by atoms with Crippen LogP contribution < -0.4 is 10.1 Å². The zero-order valence-corrected chi connectivity index (χ0v) is 13.6. The van der Waals surface area contributed by atoms with E-state index in [0.717, 1.165) is 31.3 Å². The van der Waals surface area contributed by atoms with Crippen molar-refractivity contribution in [1.82, 2.24) is 4.98 Å². The predicted molar refractivity (Wildman–Crippen MR) is 88.6 cm³/mol. The summed E-state index contributed by atoms with van der Waals surface area (Å²) in [7, 11) is 1.63. The minimum Gasteiger partial charge on any atom is -0.497 e. The quantitative estimate of drug-likeness (QED) is 0.665. The molecule has 20 heavy (non-hydrogen) atoms. The van der Waals surface area contributed by atoms with Crippen LogP contribution in [0.1, 0.15) is 0 Å². The van der Waals surface area contributed by atoms with Gasteiger partial charge in [0.1, 0.15) is 5.75 Å². The van der Waals surface area contributed by atoms with E-state index in [2.05, 4.69) is 26.2 Å². The van der Waals surface area contributed by atoms with Crippen molar-refractivity contribution in [2.45, 2.75) is 0 Å². The van der Waals surface area contributed by atoms with Gasteiger partial charge in [0.25, 0.3) is 0 Å². The second-order valence-corrected chi connectivity index (χ2v) is 6.46. The van der Waals surface area contributed by atoms with E-state index in [-0.39, 0.29) is 0 Å². The highest BCUT2D eigenvalue weighted by atomic mass is 79.9. The molecule has 0 fully saturated rings. The number of rotatable bonds is 3. The van der Waals surface area contributed by atoms with Gasteiger partial charge in [0.05, 0.1) is 28.0 Å². The van der Waals surface area contributed by atoms with E-state index >= 15 is 0 Å². The van der Waals surface area contributed by atoms with Gasteiger partial charge in [0.2, 0.25) is 0 Å². The van der Waals surface area contributed by atoms with E-state index in [1.165, 1.54) is 0 Å². The molecular weight excluding hydrogens is 360 g/mol. The molecule has 0 amide bonds. The predicted octanol–water partition coefficient (Wildman–Crippen LogP) is 5.46. The van der Waals surface area contributed by atoms with Gasteiger partial charge >= 0.3 is 0 Å². The first kappa shape index (κ1) is 13.7. The fraction of sp³-hybridized carbons (Fsp3) is 0.0714. The van der Waals surface area contributed by atoms with Crippen LogP contribution in [0, 0.1) is 0 Å². The molecule has 1 heterocycles. The summed E-state index contributed by atoms with van der Waals surface area (Å²) in [6.07, 6.45) is 0. The lowest BCUT2D eigenvalue weighted by molar-refractivity contribution is 0.415. The molecule has 3 rings (SSSR count). The first-order valence-electron chi connectivity index (χ1n) is 5.82. The molecule has 3 nitrogen and oxygen atoms in total. The van der Waals surface area contributed by atoms with Gasteiger partial charge in [-0.25, -0.2) is 4.98 Å². The Hall–Kier alpha value is -1.30. The molecule has 6 heteroatoms. The van der Waals surface area contributed by atoms with Crippen LogP contribution in [0.3, 0.4) is 0 Å². The summed E-state index contributed by atoms with van der Waals surface area (Å²) >= 11 is 11.2. The maximum Gasteiger partial charge on any atom is 0.188 e. The molecule has 102 valence electrons. The van der Waals surface area contributed by atoms with Gasteiger partial charge in [-0.1, -0.05) is 38.9 Å². The molecule has 0 atom stereocenters. The van der Waals surface area contributed by atoms with Crippen molar-refractivity contribution in [3.05, 3.63) is 45.9 Å². The van der Waals surface area contributed by atoms with E-state index in [1.54, 1.807) is 24.5 Å². The Balaban J connectivity index is 1.96. The third kappa shape index (κ3) is 2.75. The lowest BCUT2D eigenvalue weighted by atomic mass is 10.3. The summed E-state index contributed by atoms with van der Waals surface area (Å²) in [5, 5.41) is 4.67. The van der Waals surface area contributed by atoms with Crippen molar-refractivity contribution >= 4 is 59.9 Å². The summed E-state index contributed by atoms with van der Waals surface area (Å²) in [6.45, 7) is 0. The molecule has 0 aliphatic heterocycles. The van der Waals surface area contributed by atoms with Crippen molar-refractivity contribution in [3.8, 4) is 5.75 Å². The minimum absolute atomic E-state index is 0.631. The second kappa shape index (κ2) is 5.60. The number of hydrogen-bond donors (Lipinski definition) is 1. The molecule has 1 N–H and O–H groups in total. The van der Waals surface area contributed by atoms with E-state index in [9.17, 15) is 0 Å². The topological polar surface area (TPSA) is 34.1 Å². The molecule has 0 unspecified atom stereocenters. The van der Waals surface area contributed by atoms with Crippen molar-refractivity contribution in [2.24, 2.45) is 0 Å². The molecule has 0 aliphatic carbocycles. The molecule has 0 saturated carbocycles. The third-order valence-corrected chi connectivity index (χ3v) is 4.54. The number of fused-ring (bicyclic) bond motifs is 1. The number of hydrogen-bond acceptors (Lipinski definition) is 4. The monoisotopic (exact) mass is 368 g/mol. The van der Waals surface area contributed by atoms with E-state index < -0.39 is 0 Å². The number of thiazole rings is 1. The fourth-order valence-electron chi connectivity index (χ4n) is 1.80. The van der Waals surface area contributed by atoms with Crippen molar-refractivity contribution in [1.29, 1.82) is 0 Å². The van der Waals surface area contributed by atoms with Crippen LogP contribution in [0.25, 0.3) is 10.2 Å². The molecule has 2 aromatic carbocycles. The Kier molecular flexibility index (Phi) is 3.83. The first-order chi connectivity index (χ1) is 9.65. The number of anilines is 2. The van der Waals surface area contributed by atoms with E-state index in [0.29, 0.717) is 5.02 Å². The van der Waals surface area contributed by atoms with Gasteiger partial charge in [-0.2, -0.15) is 0 Å². The van der Waals surface area contributed by atoms with Crippen LogP contribution in [0.15, 0.2) is 40.9 Å². The largest absolute Gasteiger partial charge is 0.497 e. The Morgan fingerprint density at radius 2 is 2.10 bits per heavy atom. The lowest BCUT2D eigenvalue weighted by Gasteiger charge is -2.07. The molecule has 3 aromatic rings. The number of nitrogens with one attached hydrogen (secondary N) is 1. The first-order valence-corrected chi connectivity index (χ1v) is 7.81. The average Bonchev–Trinajstić information content (AvgIpc) is 2.82. The molecule has 0 aliphatic rings. The number of ether oxygens (including phenoxy) is 1. The van der Waals surface area contributed by atoms with Crippen LogP contribution in [-0.4, -0.2) is 12.1 Å². The average molecular weight is 370 g/mol. The van der Waals surface area contributed by atoms with Crippen molar-refractivity contribution in [3.63, 3.8) is 0 Å². The van der Waals surface area contributed by atoms with Crippen LogP contribution in [0.2, 0.25) is 5.02 Å². The highest BCUT2D eigenvalue weighted by Crippen LogP contribution is 2.33. The molecular formula is C14H10BrClN2OS. The van der Waals surface area contributed by atoms with Crippen LogP contribution in [0.5, 0.6) is 5.75 Å². The lowest BCUT2D eigenvalue weighted by Crippen LogP contribution is -1.91. The SMILES string of the molecule is COc1ccc(Cl)c(Nc2nc3cc(Br)ccc3s2)c1. The molecule has 0 spiro atoms. The molecule has 0 bridgehead atoms. The van der Waals surface area contributed by atoms with Gasteiger partial charge in [0, 0.05) is 10.5 Å². The summed E-state index contributed by atoms with van der Waals surface area (Å²) in [6, 6.07) is 11.5. The highest BCUT2D eigenvalue weighted by molar-refractivity contribution is 9.10. The fourth-order valence-corrected chi connectivity index (χ4v) is 3.17. The van der Waals surface area contributed by atoms with E-state index in [4.69, 9.17) is 16.3 Å². The number of halogens is 2. The minimum atomic E-state index is 0.631. The Morgan fingerprint density at radius 1 is 1.25 bits per heavy atom. The summed E-state index contributed by atoms with van der Waals surface area (Å²) in [4.78, 5) is 4.54. The second-order valence-electron chi connectivity index (χ2n) is 4.10. The molecule has 0 saturated heterocycles. The number of methoxy groups -OCH3 is 1. The highest BCUT2D eigenvalue weighted by Gasteiger charge is 2.07. The van der Waals surface area contributed by atoms with Crippen LogP contribution in [0.4, 0.5) is 10.8 Å².